The number of aromatic nitrogens is 3. The third-order valence-corrected chi connectivity index (χ3v) is 1.60. The van der Waals surface area contributed by atoms with E-state index in [1.165, 1.54) is 0 Å². The van der Waals surface area contributed by atoms with E-state index in [1.54, 1.807) is 30.2 Å². The van der Waals surface area contributed by atoms with Crippen molar-refractivity contribution in [2.24, 2.45) is 0 Å². The Bertz CT molecular complexity index is 409. The van der Waals surface area contributed by atoms with E-state index in [-0.39, 0.29) is 0 Å². The highest BCUT2D eigenvalue weighted by molar-refractivity contribution is 5.63. The third kappa shape index (κ3) is 0.868. The lowest BCUT2D eigenvalue weighted by Gasteiger charge is -1.98. The lowest BCUT2D eigenvalue weighted by Crippen LogP contribution is -1.93. The standard InChI is InChI=1S/C7H8N4O/c1-12-5-2-9-7-6(8)3-10-11(7)4-5/h2-4H,8H2,1H3. The lowest BCUT2D eigenvalue weighted by atomic mass is 10.5. The number of nitrogen functional groups attached to an aromatic ring is 1. The number of methoxy groups -OCH3 is 1. The molecular formula is C7H8N4O. The number of nitrogens with zero attached hydrogens (tertiary/aromatic N) is 3. The Morgan fingerprint density at radius 2 is 2.33 bits per heavy atom. The normalized spacial score (nSPS) is 10.4. The van der Waals surface area contributed by atoms with Crippen molar-refractivity contribution in [3.05, 3.63) is 18.6 Å². The molecule has 0 aromatic carbocycles. The summed E-state index contributed by atoms with van der Waals surface area (Å²) in [7, 11) is 1.58. The summed E-state index contributed by atoms with van der Waals surface area (Å²) in [6, 6.07) is 0. The number of rotatable bonds is 1. The molecule has 12 heavy (non-hydrogen) atoms. The Morgan fingerprint density at radius 3 is 3.08 bits per heavy atom. The highest BCUT2D eigenvalue weighted by Crippen LogP contribution is 2.13. The molecule has 0 radical (unpaired) electrons. The first kappa shape index (κ1) is 6.90. The second kappa shape index (κ2) is 2.37. The van der Waals surface area contributed by atoms with Crippen LogP contribution in [-0.4, -0.2) is 21.7 Å². The van der Waals surface area contributed by atoms with Crippen molar-refractivity contribution < 1.29 is 4.74 Å². The zero-order chi connectivity index (χ0) is 8.55. The maximum absolute atomic E-state index is 5.58. The molecule has 0 aliphatic carbocycles. The molecule has 0 aliphatic heterocycles. The monoisotopic (exact) mass is 164 g/mol. The van der Waals surface area contributed by atoms with Gasteiger partial charge in [0.05, 0.1) is 31.4 Å². The molecule has 2 aromatic rings. The summed E-state index contributed by atoms with van der Waals surface area (Å²) in [5.74, 6) is 0.658. The molecule has 0 spiro atoms. The SMILES string of the molecule is COc1cnc2c(N)cnn2c1. The summed E-state index contributed by atoms with van der Waals surface area (Å²) < 4.78 is 6.54. The van der Waals surface area contributed by atoms with E-state index >= 15 is 0 Å². The molecule has 2 N–H and O–H groups in total. The van der Waals surface area contributed by atoms with Gasteiger partial charge in [-0.3, -0.25) is 0 Å². The van der Waals surface area contributed by atoms with Gasteiger partial charge in [0.1, 0.15) is 0 Å². The fourth-order valence-electron chi connectivity index (χ4n) is 0.981. The first-order valence-corrected chi connectivity index (χ1v) is 3.44. The average Bonchev–Trinajstić information content (AvgIpc) is 2.47. The first-order chi connectivity index (χ1) is 5.81. The zero-order valence-electron chi connectivity index (χ0n) is 6.56. The fourth-order valence-corrected chi connectivity index (χ4v) is 0.981. The van der Waals surface area contributed by atoms with Crippen molar-refractivity contribution in [1.29, 1.82) is 0 Å². The van der Waals surface area contributed by atoms with Crippen LogP contribution in [0.2, 0.25) is 0 Å². The lowest BCUT2D eigenvalue weighted by molar-refractivity contribution is 0.409. The van der Waals surface area contributed by atoms with Crippen molar-refractivity contribution in [3.8, 4) is 5.75 Å². The van der Waals surface area contributed by atoms with E-state index in [2.05, 4.69) is 10.1 Å². The number of fused-ring (bicyclic) bond motifs is 1. The molecule has 0 amide bonds. The van der Waals surface area contributed by atoms with Gasteiger partial charge >= 0.3 is 0 Å². The smallest absolute Gasteiger partial charge is 0.178 e. The van der Waals surface area contributed by atoms with Crippen LogP contribution in [0.4, 0.5) is 5.69 Å². The molecule has 5 nitrogen and oxygen atoms in total. The predicted octanol–water partition coefficient (Wildman–Crippen LogP) is 0.320. The van der Waals surface area contributed by atoms with Crippen molar-refractivity contribution in [3.63, 3.8) is 0 Å². The summed E-state index contributed by atoms with van der Waals surface area (Å²) >= 11 is 0. The molecule has 0 fully saturated rings. The van der Waals surface area contributed by atoms with Crippen LogP contribution in [0.15, 0.2) is 18.6 Å². The van der Waals surface area contributed by atoms with E-state index in [0.717, 1.165) is 0 Å². The molecule has 0 saturated carbocycles. The molecule has 0 aliphatic rings. The van der Waals surface area contributed by atoms with Crippen LogP contribution in [0.5, 0.6) is 5.75 Å². The van der Waals surface area contributed by atoms with Crippen molar-refractivity contribution in [2.75, 3.05) is 12.8 Å². The van der Waals surface area contributed by atoms with E-state index in [0.29, 0.717) is 17.1 Å². The molecule has 2 rings (SSSR count). The number of nitrogens with two attached hydrogens (primary N) is 1. The third-order valence-electron chi connectivity index (χ3n) is 1.60. The van der Waals surface area contributed by atoms with Crippen LogP contribution in [0.1, 0.15) is 0 Å². The molecule has 62 valence electrons. The zero-order valence-corrected chi connectivity index (χ0v) is 6.56. The van der Waals surface area contributed by atoms with Crippen LogP contribution in [0.3, 0.4) is 0 Å². The minimum Gasteiger partial charge on any atom is -0.494 e. The average molecular weight is 164 g/mol. The Balaban J connectivity index is 2.69. The first-order valence-electron chi connectivity index (χ1n) is 3.44. The topological polar surface area (TPSA) is 65.4 Å². The molecular weight excluding hydrogens is 156 g/mol. The minimum atomic E-state index is 0.567. The van der Waals surface area contributed by atoms with E-state index in [9.17, 15) is 0 Å². The molecule has 0 saturated heterocycles. The van der Waals surface area contributed by atoms with E-state index < -0.39 is 0 Å². The van der Waals surface area contributed by atoms with Gasteiger partial charge in [0, 0.05) is 0 Å². The molecule has 2 heterocycles. The molecule has 0 bridgehead atoms. The van der Waals surface area contributed by atoms with Crippen LogP contribution >= 0.6 is 0 Å². The number of ether oxygens (including phenoxy) is 1. The Hall–Kier alpha value is -1.78. The van der Waals surface area contributed by atoms with Gasteiger partial charge in [0.15, 0.2) is 11.4 Å². The highest BCUT2D eigenvalue weighted by Gasteiger charge is 2.01. The number of hydrogen-bond donors (Lipinski definition) is 1. The van der Waals surface area contributed by atoms with Crippen LogP contribution in [0.25, 0.3) is 5.65 Å². The van der Waals surface area contributed by atoms with Gasteiger partial charge in [-0.25, -0.2) is 9.50 Å². The van der Waals surface area contributed by atoms with Crippen molar-refractivity contribution >= 4 is 11.3 Å². The van der Waals surface area contributed by atoms with Crippen LogP contribution < -0.4 is 10.5 Å². The van der Waals surface area contributed by atoms with Crippen LogP contribution in [0, 0.1) is 0 Å². The number of anilines is 1. The van der Waals surface area contributed by atoms with Gasteiger partial charge in [-0.1, -0.05) is 0 Å². The second-order valence-electron chi connectivity index (χ2n) is 2.36. The van der Waals surface area contributed by atoms with E-state index in [1.807, 2.05) is 0 Å². The number of hydrogen-bond acceptors (Lipinski definition) is 4. The summed E-state index contributed by atoms with van der Waals surface area (Å²) in [5, 5.41) is 3.98. The van der Waals surface area contributed by atoms with Crippen molar-refractivity contribution in [2.45, 2.75) is 0 Å². The predicted molar refractivity (Wildman–Crippen MR) is 44.0 cm³/mol. The van der Waals surface area contributed by atoms with Gasteiger partial charge in [0.25, 0.3) is 0 Å². The molecule has 2 aromatic heterocycles. The van der Waals surface area contributed by atoms with Gasteiger partial charge in [-0.2, -0.15) is 5.10 Å². The Kier molecular flexibility index (Phi) is 1.36. The molecule has 0 atom stereocenters. The quantitative estimate of drug-likeness (QED) is 0.659. The highest BCUT2D eigenvalue weighted by atomic mass is 16.5. The fraction of sp³-hybridized carbons (Fsp3) is 0.143. The second-order valence-corrected chi connectivity index (χ2v) is 2.36. The molecule has 0 unspecified atom stereocenters. The van der Waals surface area contributed by atoms with Crippen molar-refractivity contribution in [1.82, 2.24) is 14.6 Å². The maximum atomic E-state index is 5.58. The summed E-state index contributed by atoms with van der Waals surface area (Å²) in [6.07, 6.45) is 4.88. The van der Waals surface area contributed by atoms with E-state index in [4.69, 9.17) is 10.5 Å². The Labute approximate surface area is 68.8 Å². The minimum absolute atomic E-state index is 0.567. The van der Waals surface area contributed by atoms with Gasteiger partial charge in [-0.05, 0) is 0 Å². The summed E-state index contributed by atoms with van der Waals surface area (Å²) in [5.41, 5.74) is 6.80. The summed E-state index contributed by atoms with van der Waals surface area (Å²) in [4.78, 5) is 4.06. The Morgan fingerprint density at radius 1 is 1.50 bits per heavy atom. The maximum Gasteiger partial charge on any atom is 0.178 e. The molecule has 5 heteroatoms. The van der Waals surface area contributed by atoms with Gasteiger partial charge in [0.2, 0.25) is 0 Å². The van der Waals surface area contributed by atoms with Gasteiger partial charge < -0.3 is 10.5 Å². The summed E-state index contributed by atoms with van der Waals surface area (Å²) in [6.45, 7) is 0. The van der Waals surface area contributed by atoms with Crippen LogP contribution in [-0.2, 0) is 0 Å². The van der Waals surface area contributed by atoms with Gasteiger partial charge in [-0.15, -0.1) is 0 Å². The largest absolute Gasteiger partial charge is 0.494 e.